The molecule has 0 spiro atoms. The van der Waals surface area contributed by atoms with Gasteiger partial charge in [0, 0.05) is 18.4 Å². The second kappa shape index (κ2) is 3.34. The van der Waals surface area contributed by atoms with Gasteiger partial charge >= 0.3 is 0 Å². The Morgan fingerprint density at radius 2 is 2.23 bits per heavy atom. The minimum atomic E-state index is 0.114. The number of hydrogen-bond donors (Lipinski definition) is 2. The summed E-state index contributed by atoms with van der Waals surface area (Å²) >= 11 is 0. The van der Waals surface area contributed by atoms with Crippen LogP contribution in [-0.4, -0.2) is 4.98 Å². The van der Waals surface area contributed by atoms with Crippen LogP contribution in [0.5, 0.6) is 0 Å². The third-order valence-electron chi connectivity index (χ3n) is 2.49. The average Bonchev–Trinajstić information content (AvgIpc) is 2.88. The standard InChI is InChI=1S/C10H15N3/c11-9-4-8(5-13-6-9)10(12)3-7-1-2-7/h4-7,10H,1-3,11-12H2. The lowest BCUT2D eigenvalue weighted by Gasteiger charge is -2.10. The molecule has 70 valence electrons. The fourth-order valence-electron chi connectivity index (χ4n) is 1.53. The molecule has 0 aromatic carbocycles. The SMILES string of the molecule is Nc1cncc(C(N)CC2CC2)c1. The Balaban J connectivity index is 2.04. The number of nitrogens with two attached hydrogens (primary N) is 2. The maximum Gasteiger partial charge on any atom is 0.0503 e. The lowest BCUT2D eigenvalue weighted by atomic mass is 10.0. The molecule has 3 heteroatoms. The molecule has 1 aromatic rings. The highest BCUT2D eigenvalue weighted by molar-refractivity contribution is 5.38. The van der Waals surface area contributed by atoms with E-state index < -0.39 is 0 Å². The minimum absolute atomic E-state index is 0.114. The molecule has 1 unspecified atom stereocenters. The summed E-state index contributed by atoms with van der Waals surface area (Å²) in [4.78, 5) is 4.03. The van der Waals surface area contributed by atoms with Crippen LogP contribution in [0.4, 0.5) is 5.69 Å². The van der Waals surface area contributed by atoms with Crippen molar-refractivity contribution < 1.29 is 0 Å². The Morgan fingerprint density at radius 1 is 1.46 bits per heavy atom. The van der Waals surface area contributed by atoms with Gasteiger partial charge in [0.1, 0.15) is 0 Å². The highest BCUT2D eigenvalue weighted by atomic mass is 14.7. The van der Waals surface area contributed by atoms with Gasteiger partial charge in [-0.1, -0.05) is 12.8 Å². The summed E-state index contributed by atoms with van der Waals surface area (Å²) in [6, 6.07) is 2.03. The van der Waals surface area contributed by atoms with Crippen LogP contribution in [0.1, 0.15) is 30.9 Å². The van der Waals surface area contributed by atoms with Crippen LogP contribution in [0.2, 0.25) is 0 Å². The first-order chi connectivity index (χ1) is 6.25. The summed E-state index contributed by atoms with van der Waals surface area (Å²) in [5.41, 5.74) is 13.4. The van der Waals surface area contributed by atoms with Gasteiger partial charge in [-0.3, -0.25) is 4.98 Å². The van der Waals surface area contributed by atoms with Crippen molar-refractivity contribution in [1.29, 1.82) is 0 Å². The Hall–Kier alpha value is -1.09. The average molecular weight is 177 g/mol. The number of pyridine rings is 1. The number of nitrogens with zero attached hydrogens (tertiary/aromatic N) is 1. The molecule has 1 aliphatic rings. The Kier molecular flexibility index (Phi) is 2.19. The molecule has 1 fully saturated rings. The predicted molar refractivity (Wildman–Crippen MR) is 52.9 cm³/mol. The molecule has 2 rings (SSSR count). The number of nitrogen functional groups attached to an aromatic ring is 1. The molecular formula is C10H15N3. The third kappa shape index (κ3) is 2.18. The molecule has 4 N–H and O–H groups in total. The summed E-state index contributed by atoms with van der Waals surface area (Å²) in [6.07, 6.45) is 7.20. The second-order valence-electron chi connectivity index (χ2n) is 3.84. The van der Waals surface area contributed by atoms with Gasteiger partial charge in [0.15, 0.2) is 0 Å². The van der Waals surface area contributed by atoms with E-state index in [1.165, 1.54) is 12.8 Å². The maximum absolute atomic E-state index is 6.01. The smallest absolute Gasteiger partial charge is 0.0503 e. The van der Waals surface area contributed by atoms with Gasteiger partial charge in [0.25, 0.3) is 0 Å². The van der Waals surface area contributed by atoms with Crippen LogP contribution in [0.15, 0.2) is 18.5 Å². The first kappa shape index (κ1) is 8.51. The van der Waals surface area contributed by atoms with Gasteiger partial charge in [-0.15, -0.1) is 0 Å². The van der Waals surface area contributed by atoms with Crippen molar-refractivity contribution in [1.82, 2.24) is 4.98 Å². The van der Waals surface area contributed by atoms with Crippen LogP contribution in [0.3, 0.4) is 0 Å². The van der Waals surface area contributed by atoms with Crippen molar-refractivity contribution in [3.63, 3.8) is 0 Å². The molecule has 0 aliphatic heterocycles. The predicted octanol–water partition coefficient (Wildman–Crippen LogP) is 1.46. The van der Waals surface area contributed by atoms with Crippen molar-refractivity contribution in [2.24, 2.45) is 11.7 Å². The molecule has 1 atom stereocenters. The molecule has 1 saturated carbocycles. The number of aromatic nitrogens is 1. The number of rotatable bonds is 3. The van der Waals surface area contributed by atoms with E-state index in [-0.39, 0.29) is 6.04 Å². The van der Waals surface area contributed by atoms with E-state index in [9.17, 15) is 0 Å². The van der Waals surface area contributed by atoms with Crippen molar-refractivity contribution in [3.05, 3.63) is 24.0 Å². The summed E-state index contributed by atoms with van der Waals surface area (Å²) in [6.45, 7) is 0. The van der Waals surface area contributed by atoms with Gasteiger partial charge in [-0.05, 0) is 24.0 Å². The molecule has 3 nitrogen and oxygen atoms in total. The summed E-state index contributed by atoms with van der Waals surface area (Å²) in [5, 5.41) is 0. The van der Waals surface area contributed by atoms with Crippen LogP contribution < -0.4 is 11.5 Å². The Labute approximate surface area is 78.1 Å². The van der Waals surface area contributed by atoms with Gasteiger partial charge in [0.05, 0.1) is 5.69 Å². The zero-order valence-electron chi connectivity index (χ0n) is 7.61. The van der Waals surface area contributed by atoms with Gasteiger partial charge in [0.2, 0.25) is 0 Å². The van der Waals surface area contributed by atoms with Crippen molar-refractivity contribution in [2.75, 3.05) is 5.73 Å². The quantitative estimate of drug-likeness (QED) is 0.734. The molecule has 1 aliphatic carbocycles. The van der Waals surface area contributed by atoms with Gasteiger partial charge < -0.3 is 11.5 Å². The van der Waals surface area contributed by atoms with E-state index >= 15 is 0 Å². The Morgan fingerprint density at radius 3 is 2.85 bits per heavy atom. The first-order valence-electron chi connectivity index (χ1n) is 4.71. The zero-order valence-corrected chi connectivity index (χ0v) is 7.61. The summed E-state index contributed by atoms with van der Waals surface area (Å²) in [5.74, 6) is 0.844. The topological polar surface area (TPSA) is 64.9 Å². The fourth-order valence-corrected chi connectivity index (χ4v) is 1.53. The van der Waals surface area contributed by atoms with Crippen LogP contribution >= 0.6 is 0 Å². The van der Waals surface area contributed by atoms with E-state index in [0.29, 0.717) is 5.69 Å². The lowest BCUT2D eigenvalue weighted by molar-refractivity contribution is 0.595. The largest absolute Gasteiger partial charge is 0.397 e. The second-order valence-corrected chi connectivity index (χ2v) is 3.84. The van der Waals surface area contributed by atoms with E-state index in [1.54, 1.807) is 6.20 Å². The van der Waals surface area contributed by atoms with E-state index in [1.807, 2.05) is 12.3 Å². The highest BCUT2D eigenvalue weighted by Gasteiger charge is 2.24. The molecule has 0 radical (unpaired) electrons. The van der Waals surface area contributed by atoms with Gasteiger partial charge in [-0.25, -0.2) is 0 Å². The molecule has 13 heavy (non-hydrogen) atoms. The minimum Gasteiger partial charge on any atom is -0.397 e. The van der Waals surface area contributed by atoms with E-state index in [4.69, 9.17) is 11.5 Å². The Bertz CT molecular complexity index is 294. The normalized spacial score (nSPS) is 18.5. The maximum atomic E-state index is 6.01. The monoisotopic (exact) mass is 177 g/mol. The molecule has 0 amide bonds. The summed E-state index contributed by atoms with van der Waals surface area (Å²) in [7, 11) is 0. The lowest BCUT2D eigenvalue weighted by Crippen LogP contribution is -2.11. The van der Waals surface area contributed by atoms with Crippen LogP contribution in [-0.2, 0) is 0 Å². The van der Waals surface area contributed by atoms with E-state index in [0.717, 1.165) is 17.9 Å². The molecule has 0 bridgehead atoms. The van der Waals surface area contributed by atoms with Crippen molar-refractivity contribution >= 4 is 5.69 Å². The highest BCUT2D eigenvalue weighted by Crippen LogP contribution is 2.36. The first-order valence-corrected chi connectivity index (χ1v) is 4.71. The third-order valence-corrected chi connectivity index (χ3v) is 2.49. The zero-order chi connectivity index (χ0) is 9.26. The van der Waals surface area contributed by atoms with Crippen LogP contribution in [0, 0.1) is 5.92 Å². The van der Waals surface area contributed by atoms with Crippen molar-refractivity contribution in [3.8, 4) is 0 Å². The summed E-state index contributed by atoms with van der Waals surface area (Å²) < 4.78 is 0. The van der Waals surface area contributed by atoms with E-state index in [2.05, 4.69) is 4.98 Å². The molecule has 1 heterocycles. The fraction of sp³-hybridized carbons (Fsp3) is 0.500. The van der Waals surface area contributed by atoms with Gasteiger partial charge in [-0.2, -0.15) is 0 Å². The van der Waals surface area contributed by atoms with Crippen LogP contribution in [0.25, 0.3) is 0 Å². The van der Waals surface area contributed by atoms with Crippen molar-refractivity contribution in [2.45, 2.75) is 25.3 Å². The molecular weight excluding hydrogens is 162 g/mol. The molecule has 1 aromatic heterocycles. The molecule has 0 saturated heterocycles. The number of anilines is 1. The number of hydrogen-bond acceptors (Lipinski definition) is 3.